The Hall–Kier alpha value is -0.430. The van der Waals surface area contributed by atoms with Crippen LogP contribution < -0.4 is 10.0 Å². The topological polar surface area (TPSA) is 58.2 Å². The first kappa shape index (κ1) is 15.9. The van der Waals surface area contributed by atoms with E-state index in [2.05, 4.69) is 30.8 Å². The van der Waals surface area contributed by atoms with Crippen molar-refractivity contribution >= 4 is 21.4 Å². The van der Waals surface area contributed by atoms with Gasteiger partial charge in [0.15, 0.2) is 0 Å². The van der Waals surface area contributed by atoms with Gasteiger partial charge in [-0.05, 0) is 30.7 Å². The van der Waals surface area contributed by atoms with Crippen LogP contribution in [0.5, 0.6) is 0 Å². The van der Waals surface area contributed by atoms with Crippen LogP contribution in [0.1, 0.15) is 38.5 Å². The van der Waals surface area contributed by atoms with Gasteiger partial charge >= 0.3 is 0 Å². The van der Waals surface area contributed by atoms with Gasteiger partial charge in [-0.3, -0.25) is 0 Å². The van der Waals surface area contributed by atoms with E-state index in [4.69, 9.17) is 0 Å². The largest absolute Gasteiger partial charge is 0.310 e. The quantitative estimate of drug-likeness (QED) is 0.775. The van der Waals surface area contributed by atoms with Crippen molar-refractivity contribution in [2.24, 2.45) is 11.8 Å². The zero-order chi connectivity index (χ0) is 14.8. The van der Waals surface area contributed by atoms with E-state index in [-0.39, 0.29) is 0 Å². The van der Waals surface area contributed by atoms with E-state index >= 15 is 0 Å². The maximum absolute atomic E-state index is 12.2. The van der Waals surface area contributed by atoms with E-state index < -0.39 is 10.0 Å². The molecule has 114 valence electrons. The van der Waals surface area contributed by atoms with Gasteiger partial charge in [-0.1, -0.05) is 20.8 Å². The van der Waals surface area contributed by atoms with E-state index in [0.29, 0.717) is 29.3 Å². The Bertz CT molecular complexity index is 533. The van der Waals surface area contributed by atoms with Gasteiger partial charge in [-0.15, -0.1) is 11.3 Å². The van der Waals surface area contributed by atoms with Crippen molar-refractivity contribution in [2.45, 2.75) is 51.1 Å². The molecule has 0 spiro atoms. The van der Waals surface area contributed by atoms with Crippen LogP contribution in [0.25, 0.3) is 0 Å². The molecule has 4 nitrogen and oxygen atoms in total. The molecular weight excluding hydrogens is 292 g/mol. The third-order valence-corrected chi connectivity index (χ3v) is 6.14. The first-order valence-electron chi connectivity index (χ1n) is 7.19. The van der Waals surface area contributed by atoms with Crippen molar-refractivity contribution in [2.75, 3.05) is 6.54 Å². The Balaban J connectivity index is 1.91. The van der Waals surface area contributed by atoms with E-state index in [0.717, 1.165) is 11.4 Å². The van der Waals surface area contributed by atoms with Gasteiger partial charge in [-0.25, -0.2) is 13.1 Å². The Morgan fingerprint density at radius 3 is 2.65 bits per heavy atom. The predicted octanol–water partition coefficient (Wildman–Crippen LogP) is 2.57. The normalized spacial score (nSPS) is 17.6. The number of nitrogens with one attached hydrogen (secondary N) is 2. The molecule has 0 saturated heterocycles. The van der Waals surface area contributed by atoms with E-state index in [1.54, 1.807) is 11.4 Å². The Kier molecular flexibility index (Phi) is 5.23. The lowest BCUT2D eigenvalue weighted by Crippen LogP contribution is -2.28. The van der Waals surface area contributed by atoms with Crippen LogP contribution in [-0.4, -0.2) is 21.0 Å². The molecule has 0 radical (unpaired) electrons. The lowest BCUT2D eigenvalue weighted by atomic mass is 10.1. The summed E-state index contributed by atoms with van der Waals surface area (Å²) in [5, 5.41) is 5.02. The van der Waals surface area contributed by atoms with Crippen molar-refractivity contribution in [3.8, 4) is 0 Å². The third kappa shape index (κ3) is 4.55. The molecule has 1 aliphatic rings. The van der Waals surface area contributed by atoms with Gasteiger partial charge in [0.2, 0.25) is 10.0 Å². The average molecular weight is 316 g/mol. The number of hydrogen-bond donors (Lipinski definition) is 2. The molecule has 1 saturated carbocycles. The van der Waals surface area contributed by atoms with Crippen molar-refractivity contribution in [1.82, 2.24) is 10.0 Å². The van der Waals surface area contributed by atoms with E-state index in [9.17, 15) is 8.42 Å². The van der Waals surface area contributed by atoms with E-state index in [1.807, 2.05) is 0 Å². The Morgan fingerprint density at radius 1 is 1.35 bits per heavy atom. The summed E-state index contributed by atoms with van der Waals surface area (Å²) in [6.45, 7) is 7.53. The smallest absolute Gasteiger partial charge is 0.241 e. The molecule has 1 unspecified atom stereocenters. The fourth-order valence-corrected chi connectivity index (χ4v) is 4.42. The molecule has 1 fully saturated rings. The fourth-order valence-electron chi connectivity index (χ4n) is 2.06. The van der Waals surface area contributed by atoms with Crippen LogP contribution in [0, 0.1) is 11.8 Å². The summed E-state index contributed by atoms with van der Waals surface area (Å²) in [5.41, 5.74) is 0. The molecule has 0 bridgehead atoms. The molecule has 20 heavy (non-hydrogen) atoms. The minimum Gasteiger partial charge on any atom is -0.310 e. The van der Waals surface area contributed by atoms with Crippen LogP contribution >= 0.6 is 11.3 Å². The number of sulfonamides is 1. The van der Waals surface area contributed by atoms with Crippen molar-refractivity contribution in [3.63, 3.8) is 0 Å². The van der Waals surface area contributed by atoms with Crippen molar-refractivity contribution in [3.05, 3.63) is 16.3 Å². The standard InChI is InChI=1S/C14H24N2O2S2/c1-10(2)15-8-13-6-14(9-19-13)20(17,18)16-7-11(3)12-4-5-12/h6,9-12,15-16H,4-5,7-8H2,1-3H3. The Labute approximate surface area is 126 Å². The molecule has 0 amide bonds. The maximum atomic E-state index is 12.2. The molecule has 1 aromatic heterocycles. The third-order valence-electron chi connectivity index (χ3n) is 3.65. The number of hydrogen-bond acceptors (Lipinski definition) is 4. The molecule has 1 atom stereocenters. The molecule has 1 aliphatic carbocycles. The van der Waals surface area contributed by atoms with Crippen LogP contribution in [0.15, 0.2) is 16.3 Å². The van der Waals surface area contributed by atoms with Crippen LogP contribution in [0.2, 0.25) is 0 Å². The molecule has 0 aromatic carbocycles. The van der Waals surface area contributed by atoms with Gasteiger partial charge in [-0.2, -0.15) is 0 Å². The molecule has 1 heterocycles. The minimum atomic E-state index is -3.35. The zero-order valence-electron chi connectivity index (χ0n) is 12.3. The van der Waals surface area contributed by atoms with Gasteiger partial charge in [0.25, 0.3) is 0 Å². The lowest BCUT2D eigenvalue weighted by Gasteiger charge is -2.11. The molecular formula is C14H24N2O2S2. The summed E-state index contributed by atoms with van der Waals surface area (Å²) < 4.78 is 27.1. The predicted molar refractivity (Wildman–Crippen MR) is 83.4 cm³/mol. The SMILES string of the molecule is CC(C)NCc1cc(S(=O)(=O)NCC(C)C2CC2)cs1. The first-order chi connectivity index (χ1) is 9.38. The van der Waals surface area contributed by atoms with Gasteiger partial charge in [0.1, 0.15) is 0 Å². The highest BCUT2D eigenvalue weighted by molar-refractivity contribution is 7.89. The molecule has 2 N–H and O–H groups in total. The number of thiophene rings is 1. The fraction of sp³-hybridized carbons (Fsp3) is 0.714. The summed E-state index contributed by atoms with van der Waals surface area (Å²) in [6.07, 6.45) is 2.48. The highest BCUT2D eigenvalue weighted by atomic mass is 32.2. The molecule has 0 aliphatic heterocycles. The first-order valence-corrected chi connectivity index (χ1v) is 9.55. The average Bonchev–Trinajstić information content (AvgIpc) is 3.11. The second-order valence-electron chi connectivity index (χ2n) is 5.95. The van der Waals surface area contributed by atoms with Gasteiger partial charge in [0.05, 0.1) is 4.90 Å². The molecule has 6 heteroatoms. The van der Waals surface area contributed by atoms with Gasteiger partial charge in [0, 0.05) is 29.4 Å². The molecule has 1 aromatic rings. The number of rotatable bonds is 8. The highest BCUT2D eigenvalue weighted by Crippen LogP contribution is 2.36. The lowest BCUT2D eigenvalue weighted by molar-refractivity contribution is 0.492. The summed E-state index contributed by atoms with van der Waals surface area (Å²) in [6, 6.07) is 2.17. The highest BCUT2D eigenvalue weighted by Gasteiger charge is 2.29. The summed E-state index contributed by atoms with van der Waals surface area (Å²) in [5.74, 6) is 1.15. The van der Waals surface area contributed by atoms with Crippen LogP contribution in [0.3, 0.4) is 0 Å². The van der Waals surface area contributed by atoms with Gasteiger partial charge < -0.3 is 5.32 Å². The summed E-state index contributed by atoms with van der Waals surface area (Å²) in [4.78, 5) is 1.44. The second kappa shape index (κ2) is 6.56. The monoisotopic (exact) mass is 316 g/mol. The zero-order valence-corrected chi connectivity index (χ0v) is 14.0. The molecule has 2 rings (SSSR count). The summed E-state index contributed by atoms with van der Waals surface area (Å²) >= 11 is 1.49. The Morgan fingerprint density at radius 2 is 2.05 bits per heavy atom. The van der Waals surface area contributed by atoms with E-state index in [1.165, 1.54) is 24.2 Å². The second-order valence-corrected chi connectivity index (χ2v) is 8.71. The van der Waals surface area contributed by atoms with Crippen LogP contribution in [0.4, 0.5) is 0 Å². The minimum absolute atomic E-state index is 0.394. The van der Waals surface area contributed by atoms with Crippen LogP contribution in [-0.2, 0) is 16.6 Å². The van der Waals surface area contributed by atoms with Crippen molar-refractivity contribution < 1.29 is 8.42 Å². The summed E-state index contributed by atoms with van der Waals surface area (Å²) in [7, 11) is -3.35. The maximum Gasteiger partial charge on any atom is 0.241 e. The van der Waals surface area contributed by atoms with Crippen molar-refractivity contribution in [1.29, 1.82) is 0 Å².